The van der Waals surface area contributed by atoms with Gasteiger partial charge in [0.2, 0.25) is 0 Å². The lowest BCUT2D eigenvalue weighted by atomic mass is 9.82. The van der Waals surface area contributed by atoms with Crippen molar-refractivity contribution in [2.45, 2.75) is 25.2 Å². The Morgan fingerprint density at radius 2 is 2.28 bits per heavy atom. The molecule has 7 heteroatoms. The molecule has 1 atom stereocenters. The Balaban J connectivity index is 1.60. The molecule has 1 aromatic carbocycles. The van der Waals surface area contributed by atoms with Crippen molar-refractivity contribution in [3.05, 3.63) is 47.4 Å². The lowest BCUT2D eigenvalue weighted by Gasteiger charge is -2.26. The number of benzene rings is 1. The summed E-state index contributed by atoms with van der Waals surface area (Å²) >= 11 is 0. The molecular formula is C18H19N5O2. The van der Waals surface area contributed by atoms with Crippen molar-refractivity contribution in [2.75, 3.05) is 11.9 Å². The van der Waals surface area contributed by atoms with Crippen LogP contribution in [0.15, 0.2) is 30.7 Å². The molecule has 128 valence electrons. The van der Waals surface area contributed by atoms with Gasteiger partial charge >= 0.3 is 5.97 Å². The third-order valence-corrected chi connectivity index (χ3v) is 4.88. The summed E-state index contributed by atoms with van der Waals surface area (Å²) in [5, 5.41) is 17.8. The minimum atomic E-state index is -0.882. The predicted molar refractivity (Wildman–Crippen MR) is 93.9 cm³/mol. The molecule has 2 aromatic heterocycles. The van der Waals surface area contributed by atoms with Gasteiger partial charge in [-0.15, -0.1) is 0 Å². The average molecular weight is 337 g/mol. The van der Waals surface area contributed by atoms with Gasteiger partial charge < -0.3 is 10.4 Å². The SMILES string of the molecule is Cn1ncc2c(NCC3CCCc4ccc(C(=O)O)cc43)ncnc21. The maximum atomic E-state index is 11.3. The monoisotopic (exact) mass is 337 g/mol. The van der Waals surface area contributed by atoms with Gasteiger partial charge in [-0.05, 0) is 42.5 Å². The third-order valence-electron chi connectivity index (χ3n) is 4.88. The van der Waals surface area contributed by atoms with E-state index in [2.05, 4.69) is 20.4 Å². The molecule has 0 saturated heterocycles. The molecule has 0 saturated carbocycles. The normalized spacial score (nSPS) is 16.6. The highest BCUT2D eigenvalue weighted by Crippen LogP contribution is 2.33. The van der Waals surface area contributed by atoms with Gasteiger partial charge in [0.25, 0.3) is 0 Å². The van der Waals surface area contributed by atoms with Crippen LogP contribution in [-0.4, -0.2) is 37.4 Å². The van der Waals surface area contributed by atoms with Gasteiger partial charge in [0, 0.05) is 19.5 Å². The zero-order valence-electron chi connectivity index (χ0n) is 13.9. The Kier molecular flexibility index (Phi) is 3.83. The molecule has 0 spiro atoms. The van der Waals surface area contributed by atoms with E-state index in [1.54, 1.807) is 16.9 Å². The van der Waals surface area contributed by atoms with Crippen molar-refractivity contribution in [2.24, 2.45) is 7.05 Å². The van der Waals surface area contributed by atoms with E-state index in [4.69, 9.17) is 0 Å². The number of carbonyl (C=O) groups is 1. The number of aryl methyl sites for hydroxylation is 2. The quantitative estimate of drug-likeness (QED) is 0.760. The molecule has 0 amide bonds. The van der Waals surface area contributed by atoms with Gasteiger partial charge in [-0.3, -0.25) is 4.68 Å². The molecule has 1 unspecified atom stereocenters. The second-order valence-electron chi connectivity index (χ2n) is 6.42. The van der Waals surface area contributed by atoms with E-state index in [1.807, 2.05) is 19.2 Å². The standard InChI is InChI=1S/C18H19N5O2/c1-23-17-15(9-22-23)16(20-10-21-17)19-8-13-4-2-3-11-5-6-12(18(24)25)7-14(11)13/h5-7,9-10,13H,2-4,8H2,1H3,(H,24,25)(H,19,20,21). The first-order chi connectivity index (χ1) is 12.1. The van der Waals surface area contributed by atoms with Crippen LogP contribution >= 0.6 is 0 Å². The van der Waals surface area contributed by atoms with Gasteiger partial charge in [0.15, 0.2) is 5.65 Å². The van der Waals surface area contributed by atoms with Crippen molar-refractivity contribution >= 4 is 22.8 Å². The second-order valence-corrected chi connectivity index (χ2v) is 6.42. The van der Waals surface area contributed by atoms with Crippen LogP contribution in [0.2, 0.25) is 0 Å². The summed E-state index contributed by atoms with van der Waals surface area (Å²) in [5.41, 5.74) is 3.52. The number of carboxylic acid groups (broad SMARTS) is 1. The topological polar surface area (TPSA) is 92.9 Å². The van der Waals surface area contributed by atoms with Crippen LogP contribution in [0.1, 0.15) is 40.2 Å². The average Bonchev–Trinajstić information content (AvgIpc) is 3.01. The Bertz CT molecular complexity index is 950. The summed E-state index contributed by atoms with van der Waals surface area (Å²) < 4.78 is 1.72. The molecular weight excluding hydrogens is 318 g/mol. The highest BCUT2D eigenvalue weighted by molar-refractivity contribution is 5.88. The number of aromatic nitrogens is 4. The van der Waals surface area contributed by atoms with Gasteiger partial charge in [-0.2, -0.15) is 5.10 Å². The van der Waals surface area contributed by atoms with E-state index in [9.17, 15) is 9.90 Å². The van der Waals surface area contributed by atoms with E-state index in [1.165, 1.54) is 11.9 Å². The van der Waals surface area contributed by atoms with Crippen molar-refractivity contribution in [1.82, 2.24) is 19.7 Å². The fourth-order valence-electron chi connectivity index (χ4n) is 3.56. The van der Waals surface area contributed by atoms with Gasteiger partial charge in [-0.25, -0.2) is 14.8 Å². The van der Waals surface area contributed by atoms with Crippen LogP contribution in [0.4, 0.5) is 5.82 Å². The smallest absolute Gasteiger partial charge is 0.335 e. The molecule has 0 radical (unpaired) electrons. The first-order valence-corrected chi connectivity index (χ1v) is 8.36. The van der Waals surface area contributed by atoms with Crippen LogP contribution in [-0.2, 0) is 13.5 Å². The van der Waals surface area contributed by atoms with Crippen LogP contribution in [0.3, 0.4) is 0 Å². The van der Waals surface area contributed by atoms with E-state index in [0.29, 0.717) is 12.1 Å². The Labute approximate surface area is 144 Å². The lowest BCUT2D eigenvalue weighted by Crippen LogP contribution is -2.19. The highest BCUT2D eigenvalue weighted by atomic mass is 16.4. The number of carboxylic acids is 1. The number of fused-ring (bicyclic) bond motifs is 2. The Morgan fingerprint density at radius 1 is 1.40 bits per heavy atom. The van der Waals surface area contributed by atoms with Crippen LogP contribution < -0.4 is 5.32 Å². The molecule has 3 aromatic rings. The first-order valence-electron chi connectivity index (χ1n) is 8.36. The number of hydrogen-bond donors (Lipinski definition) is 2. The minimum absolute atomic E-state index is 0.268. The lowest BCUT2D eigenvalue weighted by molar-refractivity contribution is 0.0696. The Morgan fingerprint density at radius 3 is 3.12 bits per heavy atom. The summed E-state index contributed by atoms with van der Waals surface area (Å²) in [7, 11) is 1.85. The fraction of sp³-hybridized carbons (Fsp3) is 0.333. The molecule has 2 N–H and O–H groups in total. The highest BCUT2D eigenvalue weighted by Gasteiger charge is 2.22. The van der Waals surface area contributed by atoms with E-state index in [-0.39, 0.29) is 5.92 Å². The van der Waals surface area contributed by atoms with Crippen molar-refractivity contribution in [3.63, 3.8) is 0 Å². The van der Waals surface area contributed by atoms with Gasteiger partial charge in [0.05, 0.1) is 17.1 Å². The van der Waals surface area contributed by atoms with Crippen molar-refractivity contribution in [3.8, 4) is 0 Å². The molecule has 25 heavy (non-hydrogen) atoms. The summed E-state index contributed by atoms with van der Waals surface area (Å²) in [5.74, 6) is 0.150. The number of rotatable bonds is 4. The molecule has 4 rings (SSSR count). The molecule has 0 aliphatic heterocycles. The molecule has 1 aliphatic rings. The first kappa shape index (κ1) is 15.6. The zero-order valence-corrected chi connectivity index (χ0v) is 13.9. The Hall–Kier alpha value is -2.96. The zero-order chi connectivity index (χ0) is 17.4. The van der Waals surface area contributed by atoms with E-state index in [0.717, 1.165) is 41.7 Å². The van der Waals surface area contributed by atoms with E-state index < -0.39 is 5.97 Å². The fourth-order valence-corrected chi connectivity index (χ4v) is 3.56. The number of anilines is 1. The molecule has 7 nitrogen and oxygen atoms in total. The molecule has 1 aliphatic carbocycles. The van der Waals surface area contributed by atoms with Crippen LogP contribution in [0, 0.1) is 0 Å². The van der Waals surface area contributed by atoms with Gasteiger partial charge in [-0.1, -0.05) is 6.07 Å². The van der Waals surface area contributed by atoms with Gasteiger partial charge in [0.1, 0.15) is 12.1 Å². The summed E-state index contributed by atoms with van der Waals surface area (Å²) in [6.45, 7) is 0.705. The minimum Gasteiger partial charge on any atom is -0.478 e. The predicted octanol–water partition coefficient (Wildman–Crippen LogP) is 2.59. The number of aromatic carboxylic acids is 1. The van der Waals surface area contributed by atoms with Crippen LogP contribution in [0.25, 0.3) is 11.0 Å². The largest absolute Gasteiger partial charge is 0.478 e. The maximum absolute atomic E-state index is 11.3. The number of hydrogen-bond acceptors (Lipinski definition) is 5. The maximum Gasteiger partial charge on any atom is 0.335 e. The summed E-state index contributed by atoms with van der Waals surface area (Å²) in [4.78, 5) is 19.9. The molecule has 2 heterocycles. The molecule has 0 bridgehead atoms. The number of nitrogens with one attached hydrogen (secondary N) is 1. The number of nitrogens with zero attached hydrogens (tertiary/aromatic N) is 4. The molecule has 0 fully saturated rings. The van der Waals surface area contributed by atoms with Crippen molar-refractivity contribution < 1.29 is 9.90 Å². The third kappa shape index (κ3) is 2.82. The summed E-state index contributed by atoms with van der Waals surface area (Å²) in [6, 6.07) is 5.47. The summed E-state index contributed by atoms with van der Waals surface area (Å²) in [6.07, 6.45) is 6.44. The van der Waals surface area contributed by atoms with Crippen LogP contribution in [0.5, 0.6) is 0 Å². The van der Waals surface area contributed by atoms with Crippen molar-refractivity contribution in [1.29, 1.82) is 0 Å². The van der Waals surface area contributed by atoms with E-state index >= 15 is 0 Å². The second kappa shape index (κ2) is 6.16.